The zero-order chi connectivity index (χ0) is 22.6. The summed E-state index contributed by atoms with van der Waals surface area (Å²) >= 11 is 0. The van der Waals surface area contributed by atoms with Crippen LogP contribution >= 0.6 is 0 Å². The first kappa shape index (κ1) is 23.2. The Balaban J connectivity index is 1.96. The standard InChI is InChI=1S/C21H24N4O6/c22-18(27)11-23-19(28)12-24-20(29)17(10-14-6-8-16(26)9-7-14)25-21(30)31-13-15-4-2-1-3-5-15/h1-9,17,26H,10-13H2,(H2,22,27)(H,23,28)(H,24,29)(H,25,30)/t17-/m0/s1. The van der Waals surface area contributed by atoms with Gasteiger partial charge in [0, 0.05) is 6.42 Å². The number of primary amides is 1. The van der Waals surface area contributed by atoms with Crippen LogP contribution in [0.1, 0.15) is 11.1 Å². The van der Waals surface area contributed by atoms with Gasteiger partial charge in [0.25, 0.3) is 0 Å². The number of nitrogens with one attached hydrogen (secondary N) is 3. The van der Waals surface area contributed by atoms with Gasteiger partial charge in [0.1, 0.15) is 18.4 Å². The summed E-state index contributed by atoms with van der Waals surface area (Å²) in [7, 11) is 0. The molecule has 0 aliphatic carbocycles. The van der Waals surface area contributed by atoms with Gasteiger partial charge in [-0.3, -0.25) is 14.4 Å². The number of benzene rings is 2. The molecule has 0 saturated carbocycles. The van der Waals surface area contributed by atoms with Crippen LogP contribution < -0.4 is 21.7 Å². The van der Waals surface area contributed by atoms with Crippen molar-refractivity contribution >= 4 is 23.8 Å². The molecule has 0 heterocycles. The number of hydrogen-bond donors (Lipinski definition) is 5. The fourth-order valence-electron chi connectivity index (χ4n) is 2.52. The topological polar surface area (TPSA) is 160 Å². The monoisotopic (exact) mass is 428 g/mol. The van der Waals surface area contributed by atoms with Crippen LogP contribution in [-0.2, 0) is 32.1 Å². The number of rotatable bonds is 10. The van der Waals surface area contributed by atoms with E-state index in [-0.39, 0.29) is 25.3 Å². The smallest absolute Gasteiger partial charge is 0.408 e. The van der Waals surface area contributed by atoms with Crippen molar-refractivity contribution in [3.05, 3.63) is 65.7 Å². The summed E-state index contributed by atoms with van der Waals surface area (Å²) in [5, 5.41) is 16.5. The van der Waals surface area contributed by atoms with Crippen LogP contribution in [-0.4, -0.2) is 48.1 Å². The second kappa shape index (κ2) is 11.8. The average Bonchev–Trinajstić information content (AvgIpc) is 2.76. The fraction of sp³-hybridized carbons (Fsp3) is 0.238. The predicted octanol–water partition coefficient (Wildman–Crippen LogP) is -0.0526. The van der Waals surface area contributed by atoms with Gasteiger partial charge in [-0.2, -0.15) is 0 Å². The molecule has 6 N–H and O–H groups in total. The number of aromatic hydroxyl groups is 1. The Bertz CT molecular complexity index is 902. The van der Waals surface area contributed by atoms with Gasteiger partial charge in [-0.05, 0) is 23.3 Å². The molecule has 4 amide bonds. The van der Waals surface area contributed by atoms with E-state index in [0.29, 0.717) is 5.56 Å². The van der Waals surface area contributed by atoms with Crippen molar-refractivity contribution in [2.45, 2.75) is 19.1 Å². The fourth-order valence-corrected chi connectivity index (χ4v) is 2.52. The summed E-state index contributed by atoms with van der Waals surface area (Å²) in [5.41, 5.74) is 6.39. The predicted molar refractivity (Wildman–Crippen MR) is 111 cm³/mol. The highest BCUT2D eigenvalue weighted by Gasteiger charge is 2.22. The minimum Gasteiger partial charge on any atom is -0.508 e. The average molecular weight is 428 g/mol. The Morgan fingerprint density at radius 3 is 2.23 bits per heavy atom. The normalized spacial score (nSPS) is 11.1. The first-order chi connectivity index (χ1) is 14.8. The van der Waals surface area contributed by atoms with Gasteiger partial charge in [0.15, 0.2) is 0 Å². The lowest BCUT2D eigenvalue weighted by Gasteiger charge is -2.18. The van der Waals surface area contributed by atoms with Crippen LogP contribution in [0.3, 0.4) is 0 Å². The quantitative estimate of drug-likeness (QED) is 0.357. The van der Waals surface area contributed by atoms with Crippen LogP contribution in [0.5, 0.6) is 5.75 Å². The number of phenolic OH excluding ortho intramolecular Hbond substituents is 1. The Labute approximate surface area is 178 Å². The second-order valence-corrected chi connectivity index (χ2v) is 6.59. The second-order valence-electron chi connectivity index (χ2n) is 6.59. The maximum absolute atomic E-state index is 12.6. The molecule has 164 valence electrons. The molecule has 1 atom stereocenters. The van der Waals surface area contributed by atoms with Gasteiger partial charge in [-0.1, -0.05) is 42.5 Å². The summed E-state index contributed by atoms with van der Waals surface area (Å²) in [6.07, 6.45) is -0.712. The SMILES string of the molecule is NC(=O)CNC(=O)CNC(=O)[C@H](Cc1ccc(O)cc1)NC(=O)OCc1ccccc1. The van der Waals surface area contributed by atoms with Crippen molar-refractivity contribution in [2.75, 3.05) is 13.1 Å². The first-order valence-corrected chi connectivity index (χ1v) is 9.41. The van der Waals surface area contributed by atoms with Crippen molar-refractivity contribution in [2.24, 2.45) is 5.73 Å². The molecule has 10 heteroatoms. The minimum atomic E-state index is -1.04. The summed E-state index contributed by atoms with van der Waals surface area (Å²) < 4.78 is 5.16. The third-order valence-electron chi connectivity index (χ3n) is 4.08. The van der Waals surface area contributed by atoms with Crippen molar-refractivity contribution < 1.29 is 29.0 Å². The third kappa shape index (κ3) is 8.86. The van der Waals surface area contributed by atoms with Gasteiger partial charge < -0.3 is 31.5 Å². The highest BCUT2D eigenvalue weighted by molar-refractivity contribution is 5.90. The molecule has 0 bridgehead atoms. The van der Waals surface area contributed by atoms with Crippen LogP contribution in [0.25, 0.3) is 0 Å². The molecule has 0 aliphatic heterocycles. The van der Waals surface area contributed by atoms with Crippen molar-refractivity contribution in [3.8, 4) is 5.75 Å². The van der Waals surface area contributed by atoms with E-state index in [4.69, 9.17) is 10.5 Å². The van der Waals surface area contributed by atoms with Gasteiger partial charge >= 0.3 is 6.09 Å². The third-order valence-corrected chi connectivity index (χ3v) is 4.08. The van der Waals surface area contributed by atoms with Gasteiger partial charge in [-0.15, -0.1) is 0 Å². The van der Waals surface area contributed by atoms with E-state index in [1.165, 1.54) is 12.1 Å². The molecule has 2 rings (SSSR count). The molecular weight excluding hydrogens is 404 g/mol. The largest absolute Gasteiger partial charge is 0.508 e. The molecular formula is C21H24N4O6. The number of amides is 4. The highest BCUT2D eigenvalue weighted by Crippen LogP contribution is 2.12. The molecule has 0 aromatic heterocycles. The van der Waals surface area contributed by atoms with Crippen LogP contribution in [0.15, 0.2) is 54.6 Å². The van der Waals surface area contributed by atoms with Gasteiger partial charge in [0.05, 0.1) is 13.1 Å². The molecule has 0 saturated heterocycles. The van der Waals surface area contributed by atoms with Gasteiger partial charge in [0.2, 0.25) is 17.7 Å². The Morgan fingerprint density at radius 1 is 0.903 bits per heavy atom. The minimum absolute atomic E-state index is 0.0236. The maximum atomic E-state index is 12.6. The number of carbonyl (C=O) groups excluding carboxylic acids is 4. The molecule has 0 fully saturated rings. The lowest BCUT2D eigenvalue weighted by Crippen LogP contribution is -2.50. The lowest BCUT2D eigenvalue weighted by atomic mass is 10.1. The van der Waals surface area contributed by atoms with Crippen LogP contribution in [0.4, 0.5) is 4.79 Å². The van der Waals surface area contributed by atoms with Crippen molar-refractivity contribution in [1.29, 1.82) is 0 Å². The van der Waals surface area contributed by atoms with Crippen LogP contribution in [0, 0.1) is 0 Å². The number of carbonyl (C=O) groups is 4. The molecule has 0 spiro atoms. The zero-order valence-corrected chi connectivity index (χ0v) is 16.7. The zero-order valence-electron chi connectivity index (χ0n) is 16.7. The number of nitrogens with two attached hydrogens (primary N) is 1. The van der Waals surface area contributed by atoms with E-state index in [0.717, 1.165) is 5.56 Å². The number of alkyl carbamates (subject to hydrolysis) is 1. The molecule has 0 radical (unpaired) electrons. The number of phenols is 1. The molecule has 0 unspecified atom stereocenters. The molecule has 10 nitrogen and oxygen atoms in total. The van der Waals surface area contributed by atoms with E-state index in [2.05, 4.69) is 16.0 Å². The lowest BCUT2D eigenvalue weighted by molar-refractivity contribution is -0.128. The first-order valence-electron chi connectivity index (χ1n) is 9.41. The summed E-state index contributed by atoms with van der Waals surface area (Å²) in [6, 6.07) is 14.1. The Kier molecular flexibility index (Phi) is 8.84. The van der Waals surface area contributed by atoms with Crippen molar-refractivity contribution in [3.63, 3.8) is 0 Å². The van der Waals surface area contributed by atoms with E-state index >= 15 is 0 Å². The van der Waals surface area contributed by atoms with Crippen molar-refractivity contribution in [1.82, 2.24) is 16.0 Å². The molecule has 31 heavy (non-hydrogen) atoms. The highest BCUT2D eigenvalue weighted by atomic mass is 16.5. The molecule has 0 aliphatic rings. The summed E-state index contributed by atoms with van der Waals surface area (Å²) in [6.45, 7) is -0.732. The van der Waals surface area contributed by atoms with E-state index in [1.54, 1.807) is 36.4 Å². The summed E-state index contributed by atoms with van der Waals surface area (Å²) in [5.74, 6) is -1.89. The van der Waals surface area contributed by atoms with E-state index < -0.39 is 36.4 Å². The Morgan fingerprint density at radius 2 is 1.58 bits per heavy atom. The van der Waals surface area contributed by atoms with E-state index in [1.807, 2.05) is 6.07 Å². The maximum Gasteiger partial charge on any atom is 0.408 e. The number of ether oxygens (including phenoxy) is 1. The molecule has 2 aromatic rings. The summed E-state index contributed by atoms with van der Waals surface area (Å²) in [4.78, 5) is 47.2. The van der Waals surface area contributed by atoms with Crippen LogP contribution in [0.2, 0.25) is 0 Å². The number of hydrogen-bond acceptors (Lipinski definition) is 6. The molecule has 2 aromatic carbocycles. The van der Waals surface area contributed by atoms with E-state index in [9.17, 15) is 24.3 Å². The van der Waals surface area contributed by atoms with Gasteiger partial charge in [-0.25, -0.2) is 4.79 Å². The Hall–Kier alpha value is -4.08.